The van der Waals surface area contributed by atoms with Gasteiger partial charge in [-0.2, -0.15) is 11.3 Å². The van der Waals surface area contributed by atoms with Gasteiger partial charge in [0.25, 0.3) is 0 Å². The maximum atomic E-state index is 10.3. The van der Waals surface area contributed by atoms with Crippen LogP contribution in [0.25, 0.3) is 0 Å². The van der Waals surface area contributed by atoms with Gasteiger partial charge < -0.3 is 10.8 Å². The lowest BCUT2D eigenvalue weighted by Crippen LogP contribution is -2.36. The van der Waals surface area contributed by atoms with Gasteiger partial charge in [-0.05, 0) is 42.3 Å². The topological polar surface area (TPSA) is 46.2 Å². The van der Waals surface area contributed by atoms with Crippen LogP contribution in [-0.2, 0) is 5.60 Å². The van der Waals surface area contributed by atoms with Gasteiger partial charge in [-0.3, -0.25) is 0 Å². The summed E-state index contributed by atoms with van der Waals surface area (Å²) in [5.74, 6) is 0.141. The maximum absolute atomic E-state index is 10.3. The second-order valence-electron chi connectivity index (χ2n) is 3.50. The monoisotopic (exact) mass is 199 g/mol. The van der Waals surface area contributed by atoms with Crippen LogP contribution in [0.2, 0.25) is 0 Å². The molecule has 3 heteroatoms. The predicted octanol–water partition coefficient (Wildman–Crippen LogP) is 1.94. The summed E-state index contributed by atoms with van der Waals surface area (Å²) < 4.78 is 0. The first-order valence-electron chi connectivity index (χ1n) is 4.58. The molecule has 13 heavy (non-hydrogen) atoms. The second kappa shape index (κ2) is 4.22. The molecule has 0 spiro atoms. The van der Waals surface area contributed by atoms with Gasteiger partial charge in [0.05, 0.1) is 5.60 Å². The number of nitrogens with two attached hydrogens (primary N) is 1. The minimum absolute atomic E-state index is 0.141. The first-order valence-corrected chi connectivity index (χ1v) is 5.52. The molecular weight excluding hydrogens is 182 g/mol. The van der Waals surface area contributed by atoms with Crippen molar-refractivity contribution in [3.63, 3.8) is 0 Å². The van der Waals surface area contributed by atoms with E-state index in [9.17, 15) is 5.11 Å². The van der Waals surface area contributed by atoms with Crippen LogP contribution >= 0.6 is 11.3 Å². The Hall–Kier alpha value is -0.380. The van der Waals surface area contributed by atoms with Gasteiger partial charge in [-0.15, -0.1) is 0 Å². The minimum atomic E-state index is -0.774. The molecule has 1 aromatic rings. The molecule has 1 rings (SSSR count). The fraction of sp³-hybridized carbons (Fsp3) is 0.600. The number of aliphatic hydroxyl groups is 1. The average Bonchev–Trinajstić information content (AvgIpc) is 2.58. The smallest absolute Gasteiger partial charge is 0.0916 e. The lowest BCUT2D eigenvalue weighted by Gasteiger charge is -2.30. The predicted molar refractivity (Wildman–Crippen MR) is 56.7 cm³/mol. The molecule has 0 aliphatic carbocycles. The van der Waals surface area contributed by atoms with Crippen molar-refractivity contribution in [2.75, 3.05) is 6.54 Å². The fourth-order valence-electron chi connectivity index (χ4n) is 1.58. The van der Waals surface area contributed by atoms with Crippen molar-refractivity contribution in [3.05, 3.63) is 22.4 Å². The average molecular weight is 199 g/mol. The Kier molecular flexibility index (Phi) is 3.47. The zero-order chi connectivity index (χ0) is 9.90. The minimum Gasteiger partial charge on any atom is -0.385 e. The van der Waals surface area contributed by atoms with Crippen molar-refractivity contribution in [2.24, 2.45) is 11.7 Å². The third kappa shape index (κ3) is 2.10. The van der Waals surface area contributed by atoms with E-state index in [-0.39, 0.29) is 5.92 Å². The summed E-state index contributed by atoms with van der Waals surface area (Å²) in [6, 6.07) is 1.96. The quantitative estimate of drug-likeness (QED) is 0.778. The summed E-state index contributed by atoms with van der Waals surface area (Å²) in [6.07, 6.45) is 0.902. The summed E-state index contributed by atoms with van der Waals surface area (Å²) in [4.78, 5) is 0. The number of thiophene rings is 1. The second-order valence-corrected chi connectivity index (χ2v) is 4.28. The lowest BCUT2D eigenvalue weighted by atomic mass is 9.83. The molecular formula is C10H17NOS. The lowest BCUT2D eigenvalue weighted by molar-refractivity contribution is -0.00363. The first kappa shape index (κ1) is 10.7. The standard InChI is InChI=1S/C10H17NOS/c1-3-8(6-11)10(2,12)9-4-5-13-7-9/h4-5,7-8,12H,3,6,11H2,1-2H3. The van der Waals surface area contributed by atoms with Crippen LogP contribution in [-0.4, -0.2) is 11.7 Å². The van der Waals surface area contributed by atoms with Crippen molar-refractivity contribution in [1.82, 2.24) is 0 Å². The Morgan fingerprint density at radius 1 is 1.69 bits per heavy atom. The molecule has 0 aromatic carbocycles. The van der Waals surface area contributed by atoms with Gasteiger partial charge in [0, 0.05) is 5.92 Å². The molecule has 2 unspecified atom stereocenters. The third-order valence-electron chi connectivity index (χ3n) is 2.68. The van der Waals surface area contributed by atoms with Gasteiger partial charge in [0.15, 0.2) is 0 Å². The van der Waals surface area contributed by atoms with E-state index in [0.29, 0.717) is 6.54 Å². The van der Waals surface area contributed by atoms with E-state index in [0.717, 1.165) is 12.0 Å². The van der Waals surface area contributed by atoms with E-state index in [1.165, 1.54) is 0 Å². The van der Waals surface area contributed by atoms with Crippen LogP contribution < -0.4 is 5.73 Å². The van der Waals surface area contributed by atoms with Crippen molar-refractivity contribution in [3.8, 4) is 0 Å². The Balaban J connectivity index is 2.86. The van der Waals surface area contributed by atoms with E-state index in [4.69, 9.17) is 5.73 Å². The van der Waals surface area contributed by atoms with Gasteiger partial charge in [0.1, 0.15) is 0 Å². The van der Waals surface area contributed by atoms with E-state index in [1.807, 2.05) is 23.8 Å². The van der Waals surface area contributed by atoms with E-state index in [1.54, 1.807) is 11.3 Å². The van der Waals surface area contributed by atoms with Crippen LogP contribution in [0.4, 0.5) is 0 Å². The highest BCUT2D eigenvalue weighted by molar-refractivity contribution is 7.08. The summed E-state index contributed by atoms with van der Waals surface area (Å²) in [5, 5.41) is 14.2. The number of hydrogen-bond acceptors (Lipinski definition) is 3. The Morgan fingerprint density at radius 2 is 2.38 bits per heavy atom. The highest BCUT2D eigenvalue weighted by Crippen LogP contribution is 2.31. The molecule has 0 saturated heterocycles. The summed E-state index contributed by atoms with van der Waals surface area (Å²) >= 11 is 1.60. The molecule has 0 amide bonds. The van der Waals surface area contributed by atoms with Crippen molar-refractivity contribution in [2.45, 2.75) is 25.9 Å². The molecule has 1 heterocycles. The van der Waals surface area contributed by atoms with E-state index in [2.05, 4.69) is 6.92 Å². The Morgan fingerprint density at radius 3 is 2.77 bits per heavy atom. The van der Waals surface area contributed by atoms with Crippen LogP contribution in [0, 0.1) is 5.92 Å². The molecule has 1 aromatic heterocycles. The largest absolute Gasteiger partial charge is 0.385 e. The molecule has 0 saturated carbocycles. The van der Waals surface area contributed by atoms with Crippen LogP contribution in [0.1, 0.15) is 25.8 Å². The van der Waals surface area contributed by atoms with Gasteiger partial charge in [-0.25, -0.2) is 0 Å². The van der Waals surface area contributed by atoms with Crippen LogP contribution in [0.5, 0.6) is 0 Å². The molecule has 0 aliphatic rings. The van der Waals surface area contributed by atoms with E-state index >= 15 is 0 Å². The Bertz CT molecular complexity index is 239. The van der Waals surface area contributed by atoms with Gasteiger partial charge >= 0.3 is 0 Å². The molecule has 74 valence electrons. The molecule has 0 aliphatic heterocycles. The first-order chi connectivity index (χ1) is 6.12. The molecule has 2 nitrogen and oxygen atoms in total. The zero-order valence-corrected chi connectivity index (χ0v) is 8.97. The molecule has 0 bridgehead atoms. The third-order valence-corrected chi connectivity index (χ3v) is 3.36. The highest BCUT2D eigenvalue weighted by Gasteiger charge is 2.31. The summed E-state index contributed by atoms with van der Waals surface area (Å²) in [7, 11) is 0. The van der Waals surface area contributed by atoms with Crippen molar-refractivity contribution in [1.29, 1.82) is 0 Å². The number of hydrogen-bond donors (Lipinski definition) is 2. The number of rotatable bonds is 4. The highest BCUT2D eigenvalue weighted by atomic mass is 32.1. The summed E-state index contributed by atoms with van der Waals surface area (Å²) in [5.41, 5.74) is 5.83. The maximum Gasteiger partial charge on any atom is 0.0916 e. The SMILES string of the molecule is CCC(CN)C(C)(O)c1ccsc1. The van der Waals surface area contributed by atoms with E-state index < -0.39 is 5.60 Å². The Labute approximate surface area is 83.4 Å². The molecule has 0 radical (unpaired) electrons. The van der Waals surface area contributed by atoms with Gasteiger partial charge in [0.2, 0.25) is 0 Å². The van der Waals surface area contributed by atoms with Crippen molar-refractivity contribution >= 4 is 11.3 Å². The van der Waals surface area contributed by atoms with Gasteiger partial charge in [-0.1, -0.05) is 6.92 Å². The zero-order valence-electron chi connectivity index (χ0n) is 8.16. The molecule has 0 fully saturated rings. The molecule has 2 atom stereocenters. The van der Waals surface area contributed by atoms with Crippen LogP contribution in [0.3, 0.4) is 0 Å². The fourth-order valence-corrected chi connectivity index (χ4v) is 2.35. The van der Waals surface area contributed by atoms with Crippen molar-refractivity contribution < 1.29 is 5.11 Å². The van der Waals surface area contributed by atoms with Crippen LogP contribution in [0.15, 0.2) is 16.8 Å². The normalized spacial score (nSPS) is 18.2. The molecule has 3 N–H and O–H groups in total. The summed E-state index contributed by atoms with van der Waals surface area (Å²) in [6.45, 7) is 4.42.